The third-order valence-corrected chi connectivity index (χ3v) is 3.67. The van der Waals surface area contributed by atoms with Crippen molar-refractivity contribution in [2.45, 2.75) is 41.0 Å². The summed E-state index contributed by atoms with van der Waals surface area (Å²) in [5.41, 5.74) is 11.3. The van der Waals surface area contributed by atoms with Crippen LogP contribution in [-0.4, -0.2) is 7.05 Å². The number of nitrogens with two attached hydrogens (primary N) is 1. The second kappa shape index (κ2) is 8.99. The summed E-state index contributed by atoms with van der Waals surface area (Å²) < 4.78 is 0. The van der Waals surface area contributed by atoms with Crippen molar-refractivity contribution in [2.75, 3.05) is 18.1 Å². The van der Waals surface area contributed by atoms with Crippen LogP contribution in [0, 0.1) is 6.92 Å². The van der Waals surface area contributed by atoms with Gasteiger partial charge in [-0.15, -0.1) is 0 Å². The molecule has 0 aromatic heterocycles. The van der Waals surface area contributed by atoms with Gasteiger partial charge in [0, 0.05) is 23.6 Å². The quantitative estimate of drug-likeness (QED) is 0.783. The lowest BCUT2D eigenvalue weighted by molar-refractivity contribution is 1.26. The fourth-order valence-corrected chi connectivity index (χ4v) is 2.44. The number of anilines is 2. The highest BCUT2D eigenvalue weighted by atomic mass is 14.8. The van der Waals surface area contributed by atoms with Crippen LogP contribution < -0.4 is 21.6 Å². The maximum absolute atomic E-state index is 5.97. The molecule has 0 radical (unpaired) electrons. The van der Waals surface area contributed by atoms with Crippen LogP contribution in [0.15, 0.2) is 35.3 Å². The van der Waals surface area contributed by atoms with E-state index in [1.807, 2.05) is 46.9 Å². The third kappa shape index (κ3) is 4.13. The summed E-state index contributed by atoms with van der Waals surface area (Å²) in [6, 6.07) is 10.2. The minimum Gasteiger partial charge on any atom is -0.398 e. The van der Waals surface area contributed by atoms with Crippen molar-refractivity contribution in [1.29, 1.82) is 0 Å². The van der Waals surface area contributed by atoms with Crippen LogP contribution in [0.5, 0.6) is 0 Å². The van der Waals surface area contributed by atoms with Crippen LogP contribution in [0.25, 0.3) is 6.08 Å². The second-order valence-electron chi connectivity index (χ2n) is 4.83. The van der Waals surface area contributed by atoms with Gasteiger partial charge in [0.25, 0.3) is 0 Å². The van der Waals surface area contributed by atoms with Gasteiger partial charge in [-0.1, -0.05) is 33.8 Å². The monoisotopic (exact) mass is 311 g/mol. The lowest BCUT2D eigenvalue weighted by Gasteiger charge is -2.05. The normalized spacial score (nSPS) is 10.9. The maximum atomic E-state index is 5.97. The predicted octanol–water partition coefficient (Wildman–Crippen LogP) is 3.96. The van der Waals surface area contributed by atoms with Gasteiger partial charge >= 0.3 is 0 Å². The first-order chi connectivity index (χ1) is 11.2. The Morgan fingerprint density at radius 1 is 1.04 bits per heavy atom. The number of nitrogen functional groups attached to an aromatic ring is 1. The van der Waals surface area contributed by atoms with Gasteiger partial charge in [-0.2, -0.15) is 0 Å². The van der Waals surface area contributed by atoms with E-state index in [4.69, 9.17) is 10.7 Å². The van der Waals surface area contributed by atoms with E-state index in [1.165, 1.54) is 5.56 Å². The van der Waals surface area contributed by atoms with Crippen molar-refractivity contribution in [2.24, 2.45) is 4.99 Å². The molecule has 3 nitrogen and oxygen atoms in total. The highest BCUT2D eigenvalue weighted by Gasteiger charge is 2.07. The van der Waals surface area contributed by atoms with Crippen molar-refractivity contribution < 1.29 is 0 Å². The van der Waals surface area contributed by atoms with Gasteiger partial charge in [0.15, 0.2) is 0 Å². The van der Waals surface area contributed by atoms with Gasteiger partial charge in [-0.25, -0.2) is 4.99 Å². The molecule has 1 aliphatic rings. The van der Waals surface area contributed by atoms with Crippen molar-refractivity contribution in [3.05, 3.63) is 52.0 Å². The second-order valence-corrected chi connectivity index (χ2v) is 4.83. The molecule has 0 saturated heterocycles. The number of fused-ring (bicyclic) bond motifs is 2. The molecular weight excluding hydrogens is 282 g/mol. The highest BCUT2D eigenvalue weighted by Crippen LogP contribution is 2.24. The highest BCUT2D eigenvalue weighted by molar-refractivity contribution is 5.61. The van der Waals surface area contributed by atoms with E-state index in [9.17, 15) is 0 Å². The first kappa shape index (κ1) is 18.8. The average Bonchev–Trinajstić information content (AvgIpc) is 2.80. The summed E-state index contributed by atoms with van der Waals surface area (Å²) in [4.78, 5) is 4.77. The Morgan fingerprint density at radius 2 is 1.74 bits per heavy atom. The molecule has 3 rings (SSSR count). The maximum Gasteiger partial charge on any atom is 0.0710 e. The summed E-state index contributed by atoms with van der Waals surface area (Å²) >= 11 is 0. The summed E-state index contributed by atoms with van der Waals surface area (Å²) in [7, 11) is 1.93. The van der Waals surface area contributed by atoms with Gasteiger partial charge in [0.2, 0.25) is 0 Å². The fraction of sp³-hybridized carbons (Fsp3) is 0.350. The third-order valence-electron chi connectivity index (χ3n) is 3.67. The topological polar surface area (TPSA) is 50.4 Å². The molecule has 0 atom stereocenters. The zero-order chi connectivity index (χ0) is 17.4. The van der Waals surface area contributed by atoms with Crippen molar-refractivity contribution in [1.82, 2.24) is 0 Å². The van der Waals surface area contributed by atoms with E-state index in [2.05, 4.69) is 36.5 Å². The zero-order valence-corrected chi connectivity index (χ0v) is 15.2. The van der Waals surface area contributed by atoms with Crippen LogP contribution in [0.3, 0.4) is 0 Å². The average molecular weight is 311 g/mol. The van der Waals surface area contributed by atoms with Gasteiger partial charge in [0.05, 0.1) is 11.0 Å². The molecule has 23 heavy (non-hydrogen) atoms. The number of nitrogens with zero attached hydrogens (tertiary/aromatic N) is 1. The SMILES string of the molecule is CC.CC.CNc1ccc2c(c1)CC=c1c(C)c(N)ccc1=N2. The number of hydrogen-bond acceptors (Lipinski definition) is 3. The summed E-state index contributed by atoms with van der Waals surface area (Å²) in [5.74, 6) is 0. The van der Waals surface area contributed by atoms with Crippen LogP contribution in [0.2, 0.25) is 0 Å². The molecule has 0 bridgehead atoms. The number of nitrogens with one attached hydrogen (secondary N) is 1. The predicted molar refractivity (Wildman–Crippen MR) is 103 cm³/mol. The molecule has 0 unspecified atom stereocenters. The van der Waals surface area contributed by atoms with Gasteiger partial charge in [-0.3, -0.25) is 0 Å². The van der Waals surface area contributed by atoms with E-state index in [0.717, 1.165) is 39.6 Å². The molecule has 0 spiro atoms. The largest absolute Gasteiger partial charge is 0.398 e. The Kier molecular flexibility index (Phi) is 7.33. The summed E-state index contributed by atoms with van der Waals surface area (Å²) in [5, 5.41) is 5.32. The smallest absolute Gasteiger partial charge is 0.0710 e. The Bertz CT molecular complexity index is 761. The molecule has 3 heteroatoms. The minimum absolute atomic E-state index is 0.826. The Hall–Kier alpha value is -2.29. The van der Waals surface area contributed by atoms with Crippen molar-refractivity contribution in [3.8, 4) is 0 Å². The zero-order valence-electron chi connectivity index (χ0n) is 15.2. The number of benzene rings is 2. The van der Waals surface area contributed by atoms with Crippen LogP contribution in [0.1, 0.15) is 38.8 Å². The first-order valence-corrected chi connectivity index (χ1v) is 8.44. The molecule has 0 aliphatic carbocycles. The summed E-state index contributed by atoms with van der Waals surface area (Å²) in [6.45, 7) is 10.1. The molecule has 2 aromatic carbocycles. The summed E-state index contributed by atoms with van der Waals surface area (Å²) in [6.07, 6.45) is 3.10. The number of rotatable bonds is 1. The number of hydrogen-bond donors (Lipinski definition) is 2. The molecular formula is C20H29N3. The van der Waals surface area contributed by atoms with Crippen LogP contribution >= 0.6 is 0 Å². The first-order valence-electron chi connectivity index (χ1n) is 8.44. The fourth-order valence-electron chi connectivity index (χ4n) is 2.44. The van der Waals surface area contributed by atoms with E-state index in [-0.39, 0.29) is 0 Å². The van der Waals surface area contributed by atoms with Gasteiger partial charge < -0.3 is 11.1 Å². The molecule has 1 aliphatic heterocycles. The van der Waals surface area contributed by atoms with Crippen molar-refractivity contribution >= 4 is 23.1 Å². The molecule has 0 fully saturated rings. The Morgan fingerprint density at radius 3 is 2.39 bits per heavy atom. The van der Waals surface area contributed by atoms with E-state index < -0.39 is 0 Å². The lowest BCUT2D eigenvalue weighted by atomic mass is 10.1. The molecule has 124 valence electrons. The molecule has 1 heterocycles. The molecule has 2 aromatic rings. The van der Waals surface area contributed by atoms with Crippen LogP contribution in [-0.2, 0) is 6.42 Å². The Labute approximate surface area is 140 Å². The minimum atomic E-state index is 0.826. The van der Waals surface area contributed by atoms with E-state index in [0.29, 0.717) is 0 Å². The van der Waals surface area contributed by atoms with Crippen LogP contribution in [0.4, 0.5) is 17.1 Å². The molecule has 0 saturated carbocycles. The van der Waals surface area contributed by atoms with Gasteiger partial charge in [0.1, 0.15) is 0 Å². The van der Waals surface area contributed by atoms with E-state index >= 15 is 0 Å². The van der Waals surface area contributed by atoms with Crippen molar-refractivity contribution in [3.63, 3.8) is 0 Å². The molecule has 3 N–H and O–H groups in total. The standard InChI is InChI=1S/C16H17N3.2C2H6/c1-10-13-5-3-11-9-12(18-2)4-7-15(11)19-16(13)8-6-14(10)17;2*1-2/h4-9,18H,3,17H2,1-2H3;2*1-2H3. The van der Waals surface area contributed by atoms with Gasteiger partial charge in [-0.05, 0) is 54.8 Å². The Balaban J connectivity index is 0.000000615. The molecule has 0 amide bonds. The van der Waals surface area contributed by atoms with E-state index in [1.54, 1.807) is 0 Å². The lowest BCUT2D eigenvalue weighted by Crippen LogP contribution is -2.27.